The summed E-state index contributed by atoms with van der Waals surface area (Å²) in [5.41, 5.74) is 0. The molecule has 8 heteroatoms. The summed E-state index contributed by atoms with van der Waals surface area (Å²) >= 11 is 1.31. The van der Waals surface area contributed by atoms with Crippen molar-refractivity contribution in [1.82, 2.24) is 19.8 Å². The van der Waals surface area contributed by atoms with Gasteiger partial charge in [0.05, 0.1) is 13.5 Å². The molecule has 86 valence electrons. The number of hydrogen-bond acceptors (Lipinski definition) is 7. The Balaban J connectivity index is 2.26. The summed E-state index contributed by atoms with van der Waals surface area (Å²) < 4.78 is 11.1. The van der Waals surface area contributed by atoms with E-state index in [0.29, 0.717) is 22.4 Å². The average molecular weight is 242 g/mol. The lowest BCUT2D eigenvalue weighted by Crippen LogP contribution is -2.05. The van der Waals surface area contributed by atoms with Crippen LogP contribution in [0.15, 0.2) is 0 Å². The molecule has 0 aromatic carbocycles. The van der Waals surface area contributed by atoms with E-state index >= 15 is 0 Å². The maximum atomic E-state index is 11.1. The van der Waals surface area contributed by atoms with Gasteiger partial charge in [0, 0.05) is 7.11 Å². The van der Waals surface area contributed by atoms with Gasteiger partial charge in [-0.2, -0.15) is 9.61 Å². The van der Waals surface area contributed by atoms with Gasteiger partial charge in [0.1, 0.15) is 11.6 Å². The Morgan fingerprint density at radius 3 is 2.94 bits per heavy atom. The van der Waals surface area contributed by atoms with Crippen LogP contribution in [-0.4, -0.2) is 40.0 Å². The van der Waals surface area contributed by atoms with Crippen molar-refractivity contribution in [3.63, 3.8) is 0 Å². The first kappa shape index (κ1) is 11.0. The van der Waals surface area contributed by atoms with Crippen molar-refractivity contribution in [2.75, 3.05) is 14.2 Å². The lowest BCUT2D eigenvalue weighted by atomic mass is 10.5. The molecule has 2 rings (SSSR count). The minimum Gasteiger partial charge on any atom is -0.469 e. The Morgan fingerprint density at radius 2 is 2.25 bits per heavy atom. The first-order chi connectivity index (χ1) is 7.74. The Bertz CT molecular complexity index is 506. The molecule has 0 fully saturated rings. The van der Waals surface area contributed by atoms with Crippen LogP contribution < -0.4 is 0 Å². The van der Waals surface area contributed by atoms with Crippen LogP contribution in [-0.2, 0) is 27.3 Å². The van der Waals surface area contributed by atoms with Gasteiger partial charge in [-0.05, 0) is 0 Å². The zero-order valence-corrected chi connectivity index (χ0v) is 9.65. The number of fused-ring (bicyclic) bond motifs is 1. The molecule has 0 radical (unpaired) electrons. The van der Waals surface area contributed by atoms with Crippen LogP contribution in [0.3, 0.4) is 0 Å². The van der Waals surface area contributed by atoms with E-state index in [9.17, 15) is 4.79 Å². The smallest absolute Gasteiger partial charge is 0.312 e. The van der Waals surface area contributed by atoms with Crippen molar-refractivity contribution in [3.05, 3.63) is 10.8 Å². The third-order valence-electron chi connectivity index (χ3n) is 1.89. The molecule has 2 aromatic rings. The molecule has 0 N–H and O–H groups in total. The quantitative estimate of drug-likeness (QED) is 0.705. The monoisotopic (exact) mass is 242 g/mol. The second kappa shape index (κ2) is 4.54. The van der Waals surface area contributed by atoms with Crippen LogP contribution in [0.25, 0.3) is 4.96 Å². The molecule has 0 aliphatic rings. The number of esters is 1. The summed E-state index contributed by atoms with van der Waals surface area (Å²) in [6.45, 7) is 0.336. The standard InChI is InChI=1S/C8H10N4O3S/c1-14-4-5-9-10-8-12(5)11-6(16-8)3-7(13)15-2/h3-4H2,1-2H3. The molecule has 0 aliphatic carbocycles. The van der Waals surface area contributed by atoms with Crippen LogP contribution >= 0.6 is 11.3 Å². The normalized spacial score (nSPS) is 10.9. The van der Waals surface area contributed by atoms with Gasteiger partial charge in [-0.1, -0.05) is 11.3 Å². The second-order valence-corrected chi connectivity index (χ2v) is 4.03. The van der Waals surface area contributed by atoms with Crippen LogP contribution in [0, 0.1) is 0 Å². The fraction of sp³-hybridized carbons (Fsp3) is 0.500. The van der Waals surface area contributed by atoms with Crippen molar-refractivity contribution in [2.24, 2.45) is 0 Å². The number of aromatic nitrogens is 4. The molecule has 0 spiro atoms. The summed E-state index contributed by atoms with van der Waals surface area (Å²) in [7, 11) is 2.92. The number of rotatable bonds is 4. The van der Waals surface area contributed by atoms with Gasteiger partial charge in [0.15, 0.2) is 5.82 Å². The van der Waals surface area contributed by atoms with Crippen LogP contribution in [0.4, 0.5) is 0 Å². The van der Waals surface area contributed by atoms with Crippen molar-refractivity contribution in [1.29, 1.82) is 0 Å². The number of carbonyl (C=O) groups is 1. The minimum atomic E-state index is -0.321. The van der Waals surface area contributed by atoms with E-state index in [0.717, 1.165) is 0 Å². The van der Waals surface area contributed by atoms with Crippen molar-refractivity contribution >= 4 is 22.3 Å². The number of hydrogen-bond donors (Lipinski definition) is 0. The molecule has 0 saturated carbocycles. The Kier molecular flexibility index (Phi) is 3.11. The summed E-state index contributed by atoms with van der Waals surface area (Å²) in [6.07, 6.45) is 0.150. The molecule has 0 saturated heterocycles. The first-order valence-electron chi connectivity index (χ1n) is 4.50. The third kappa shape index (κ3) is 2.02. The topological polar surface area (TPSA) is 78.6 Å². The summed E-state index contributed by atoms with van der Waals surface area (Å²) in [6, 6.07) is 0. The molecule has 0 aliphatic heterocycles. The van der Waals surface area contributed by atoms with Gasteiger partial charge in [0.2, 0.25) is 4.96 Å². The Labute approximate surface area is 95.0 Å². The number of carbonyl (C=O) groups excluding carboxylic acids is 1. The molecular formula is C8H10N4O3S. The van der Waals surface area contributed by atoms with Crippen LogP contribution in [0.1, 0.15) is 10.8 Å². The summed E-state index contributed by atoms with van der Waals surface area (Å²) in [5, 5.41) is 12.7. The van der Waals surface area contributed by atoms with E-state index < -0.39 is 0 Å². The summed E-state index contributed by atoms with van der Waals surface area (Å²) in [5.74, 6) is 0.295. The van der Waals surface area contributed by atoms with Gasteiger partial charge < -0.3 is 9.47 Å². The predicted molar refractivity (Wildman–Crippen MR) is 55.1 cm³/mol. The molecule has 0 unspecified atom stereocenters. The van der Waals surface area contributed by atoms with Gasteiger partial charge in [-0.25, -0.2) is 0 Å². The van der Waals surface area contributed by atoms with Crippen molar-refractivity contribution in [2.45, 2.75) is 13.0 Å². The predicted octanol–water partition coefficient (Wildman–Crippen LogP) is 0.0477. The number of nitrogens with zero attached hydrogens (tertiary/aromatic N) is 4. The number of methoxy groups -OCH3 is 2. The lowest BCUT2D eigenvalue weighted by Gasteiger charge is -1.94. The maximum absolute atomic E-state index is 11.1. The second-order valence-electron chi connectivity index (χ2n) is 2.99. The van der Waals surface area contributed by atoms with E-state index in [4.69, 9.17) is 4.74 Å². The zero-order valence-electron chi connectivity index (χ0n) is 8.84. The summed E-state index contributed by atoms with van der Waals surface area (Å²) in [4.78, 5) is 11.7. The van der Waals surface area contributed by atoms with Gasteiger partial charge in [0.25, 0.3) is 0 Å². The molecule has 0 bridgehead atoms. The van der Waals surface area contributed by atoms with E-state index in [1.54, 1.807) is 11.6 Å². The van der Waals surface area contributed by atoms with Crippen LogP contribution in [0.2, 0.25) is 0 Å². The fourth-order valence-corrected chi connectivity index (χ4v) is 2.02. The lowest BCUT2D eigenvalue weighted by molar-refractivity contribution is -0.139. The van der Waals surface area contributed by atoms with E-state index in [1.807, 2.05) is 0 Å². The molecule has 0 amide bonds. The van der Waals surface area contributed by atoms with Gasteiger partial charge in [-0.15, -0.1) is 10.2 Å². The Hall–Kier alpha value is -1.54. The van der Waals surface area contributed by atoms with E-state index in [2.05, 4.69) is 20.0 Å². The highest BCUT2D eigenvalue weighted by atomic mass is 32.1. The van der Waals surface area contributed by atoms with E-state index in [1.165, 1.54) is 18.4 Å². The zero-order chi connectivity index (χ0) is 11.5. The molecule has 2 aromatic heterocycles. The molecule has 7 nitrogen and oxygen atoms in total. The number of ether oxygens (including phenoxy) is 2. The average Bonchev–Trinajstić information content (AvgIpc) is 2.80. The van der Waals surface area contributed by atoms with Crippen LogP contribution in [0.5, 0.6) is 0 Å². The van der Waals surface area contributed by atoms with Crippen molar-refractivity contribution < 1.29 is 14.3 Å². The van der Waals surface area contributed by atoms with E-state index in [-0.39, 0.29) is 12.4 Å². The first-order valence-corrected chi connectivity index (χ1v) is 5.32. The molecular weight excluding hydrogens is 232 g/mol. The SMILES string of the molecule is COCc1nnc2sc(CC(=O)OC)nn12. The van der Waals surface area contributed by atoms with Gasteiger partial charge in [-0.3, -0.25) is 4.79 Å². The highest BCUT2D eigenvalue weighted by Gasteiger charge is 2.13. The van der Waals surface area contributed by atoms with Gasteiger partial charge >= 0.3 is 5.97 Å². The van der Waals surface area contributed by atoms with Crippen molar-refractivity contribution in [3.8, 4) is 0 Å². The maximum Gasteiger partial charge on any atom is 0.312 e. The minimum absolute atomic E-state index is 0.150. The molecule has 16 heavy (non-hydrogen) atoms. The fourth-order valence-electron chi connectivity index (χ4n) is 1.18. The highest BCUT2D eigenvalue weighted by Crippen LogP contribution is 2.15. The Morgan fingerprint density at radius 1 is 1.44 bits per heavy atom. The molecule has 2 heterocycles. The molecule has 0 atom stereocenters. The largest absolute Gasteiger partial charge is 0.469 e. The highest BCUT2D eigenvalue weighted by molar-refractivity contribution is 7.16. The third-order valence-corrected chi connectivity index (χ3v) is 2.79.